The molecule has 0 radical (unpaired) electrons. The van der Waals surface area contributed by atoms with Crippen molar-refractivity contribution >= 4 is 17.5 Å². The SMILES string of the molecule is CC(NC(=O)CCCCCCN)c1ccc2c(c1)CC(=O)N2. The Hall–Kier alpha value is -1.88. The molecule has 1 heterocycles. The summed E-state index contributed by atoms with van der Waals surface area (Å²) in [7, 11) is 0. The van der Waals surface area contributed by atoms with Gasteiger partial charge in [0.25, 0.3) is 0 Å². The first-order chi connectivity index (χ1) is 10.6. The van der Waals surface area contributed by atoms with E-state index in [1.165, 1.54) is 0 Å². The van der Waals surface area contributed by atoms with E-state index in [1.807, 2.05) is 25.1 Å². The van der Waals surface area contributed by atoms with Crippen molar-refractivity contribution in [1.82, 2.24) is 5.32 Å². The van der Waals surface area contributed by atoms with Crippen molar-refractivity contribution in [3.05, 3.63) is 29.3 Å². The number of benzene rings is 1. The van der Waals surface area contributed by atoms with Crippen LogP contribution in [-0.2, 0) is 16.0 Å². The predicted octanol–water partition coefficient (Wildman–Crippen LogP) is 2.27. The summed E-state index contributed by atoms with van der Waals surface area (Å²) >= 11 is 0. The molecule has 1 aliphatic rings. The maximum atomic E-state index is 11.9. The average molecular weight is 303 g/mol. The Morgan fingerprint density at radius 1 is 1.32 bits per heavy atom. The van der Waals surface area contributed by atoms with Crippen molar-refractivity contribution in [3.63, 3.8) is 0 Å². The minimum atomic E-state index is -0.0439. The normalized spacial score (nSPS) is 14.4. The van der Waals surface area contributed by atoms with Gasteiger partial charge >= 0.3 is 0 Å². The fourth-order valence-corrected chi connectivity index (χ4v) is 2.70. The molecular weight excluding hydrogens is 278 g/mol. The zero-order valence-corrected chi connectivity index (χ0v) is 13.2. The zero-order valence-electron chi connectivity index (χ0n) is 13.2. The van der Waals surface area contributed by atoms with Gasteiger partial charge < -0.3 is 16.4 Å². The van der Waals surface area contributed by atoms with Crippen LogP contribution in [0, 0.1) is 0 Å². The summed E-state index contributed by atoms with van der Waals surface area (Å²) < 4.78 is 0. The number of amides is 2. The monoisotopic (exact) mass is 303 g/mol. The molecule has 5 nitrogen and oxygen atoms in total. The first-order valence-electron chi connectivity index (χ1n) is 8.02. The molecule has 0 aliphatic carbocycles. The number of anilines is 1. The highest BCUT2D eigenvalue weighted by molar-refractivity contribution is 5.99. The molecule has 0 aromatic heterocycles. The quantitative estimate of drug-likeness (QED) is 0.644. The second-order valence-electron chi connectivity index (χ2n) is 5.88. The first kappa shape index (κ1) is 16.5. The zero-order chi connectivity index (χ0) is 15.9. The summed E-state index contributed by atoms with van der Waals surface area (Å²) in [5.74, 6) is 0.108. The average Bonchev–Trinajstić information content (AvgIpc) is 2.86. The molecule has 0 saturated carbocycles. The highest BCUT2D eigenvalue weighted by Gasteiger charge is 2.19. The number of nitrogens with one attached hydrogen (secondary N) is 2. The number of rotatable bonds is 8. The minimum absolute atomic E-state index is 0.0290. The Morgan fingerprint density at radius 2 is 2.09 bits per heavy atom. The molecule has 1 unspecified atom stereocenters. The van der Waals surface area contributed by atoms with Crippen LogP contribution in [0.2, 0.25) is 0 Å². The summed E-state index contributed by atoms with van der Waals surface area (Å²) in [5, 5.41) is 5.83. The van der Waals surface area contributed by atoms with E-state index in [0.29, 0.717) is 12.8 Å². The fourth-order valence-electron chi connectivity index (χ4n) is 2.70. The van der Waals surface area contributed by atoms with Crippen LogP contribution in [0.15, 0.2) is 18.2 Å². The van der Waals surface area contributed by atoms with E-state index in [9.17, 15) is 9.59 Å². The van der Waals surface area contributed by atoms with Gasteiger partial charge in [-0.2, -0.15) is 0 Å². The van der Waals surface area contributed by atoms with Crippen LogP contribution in [0.1, 0.15) is 56.2 Å². The molecule has 1 aromatic rings. The van der Waals surface area contributed by atoms with Crippen LogP contribution in [0.5, 0.6) is 0 Å². The molecule has 120 valence electrons. The van der Waals surface area contributed by atoms with Gasteiger partial charge in [0.1, 0.15) is 0 Å². The van der Waals surface area contributed by atoms with Gasteiger partial charge in [0.15, 0.2) is 0 Å². The first-order valence-corrected chi connectivity index (χ1v) is 8.02. The number of carbonyl (C=O) groups is 2. The number of hydrogen-bond donors (Lipinski definition) is 3. The third kappa shape index (κ3) is 4.56. The predicted molar refractivity (Wildman–Crippen MR) is 87.5 cm³/mol. The van der Waals surface area contributed by atoms with Gasteiger partial charge in [0, 0.05) is 12.1 Å². The van der Waals surface area contributed by atoms with Crippen LogP contribution in [-0.4, -0.2) is 18.4 Å². The second-order valence-corrected chi connectivity index (χ2v) is 5.88. The molecule has 1 atom stereocenters. The fraction of sp³-hybridized carbons (Fsp3) is 0.529. The van der Waals surface area contributed by atoms with E-state index < -0.39 is 0 Å². The van der Waals surface area contributed by atoms with E-state index in [2.05, 4.69) is 10.6 Å². The van der Waals surface area contributed by atoms with E-state index in [1.54, 1.807) is 0 Å². The maximum Gasteiger partial charge on any atom is 0.228 e. The second kappa shape index (κ2) is 7.94. The molecule has 0 saturated heterocycles. The van der Waals surface area contributed by atoms with Crippen LogP contribution in [0.4, 0.5) is 5.69 Å². The third-order valence-electron chi connectivity index (χ3n) is 3.99. The lowest BCUT2D eigenvalue weighted by molar-refractivity contribution is -0.122. The largest absolute Gasteiger partial charge is 0.350 e. The molecule has 0 spiro atoms. The molecule has 2 rings (SSSR count). The van der Waals surface area contributed by atoms with Gasteiger partial charge in [0.05, 0.1) is 12.5 Å². The smallest absolute Gasteiger partial charge is 0.228 e. The van der Waals surface area contributed by atoms with Crippen LogP contribution in [0.25, 0.3) is 0 Å². The van der Waals surface area contributed by atoms with E-state index in [0.717, 1.165) is 49.0 Å². The van der Waals surface area contributed by atoms with Crippen LogP contribution >= 0.6 is 0 Å². The molecule has 5 heteroatoms. The van der Waals surface area contributed by atoms with Gasteiger partial charge in [-0.3, -0.25) is 9.59 Å². The van der Waals surface area contributed by atoms with Gasteiger partial charge in [0.2, 0.25) is 11.8 Å². The Bertz CT molecular complexity index is 543. The Morgan fingerprint density at radius 3 is 2.86 bits per heavy atom. The van der Waals surface area contributed by atoms with Gasteiger partial charge in [-0.25, -0.2) is 0 Å². The summed E-state index contributed by atoms with van der Waals surface area (Å²) in [4.78, 5) is 23.3. The lowest BCUT2D eigenvalue weighted by Crippen LogP contribution is -2.26. The molecule has 0 bridgehead atoms. The molecule has 2 amide bonds. The number of fused-ring (bicyclic) bond motifs is 1. The molecule has 22 heavy (non-hydrogen) atoms. The minimum Gasteiger partial charge on any atom is -0.350 e. The Balaban J connectivity index is 1.79. The topological polar surface area (TPSA) is 84.2 Å². The molecule has 1 aliphatic heterocycles. The van der Waals surface area contributed by atoms with Gasteiger partial charge in [-0.15, -0.1) is 0 Å². The van der Waals surface area contributed by atoms with Crippen LogP contribution < -0.4 is 16.4 Å². The molecular formula is C17H25N3O2. The maximum absolute atomic E-state index is 11.9. The number of nitrogens with two attached hydrogens (primary N) is 1. The van der Waals surface area contributed by atoms with Gasteiger partial charge in [-0.05, 0) is 43.5 Å². The van der Waals surface area contributed by atoms with Gasteiger partial charge in [-0.1, -0.05) is 25.0 Å². The summed E-state index contributed by atoms with van der Waals surface area (Å²) in [6.07, 6.45) is 5.04. The number of carbonyl (C=O) groups excluding carboxylic acids is 2. The lowest BCUT2D eigenvalue weighted by Gasteiger charge is -2.15. The van der Waals surface area contributed by atoms with E-state index in [-0.39, 0.29) is 17.9 Å². The van der Waals surface area contributed by atoms with Crippen molar-refractivity contribution in [2.75, 3.05) is 11.9 Å². The number of unbranched alkanes of at least 4 members (excludes halogenated alkanes) is 3. The van der Waals surface area contributed by atoms with Crippen molar-refractivity contribution in [2.45, 2.75) is 51.5 Å². The molecule has 0 fully saturated rings. The van der Waals surface area contributed by atoms with Crippen LogP contribution in [0.3, 0.4) is 0 Å². The highest BCUT2D eigenvalue weighted by Crippen LogP contribution is 2.26. The summed E-state index contributed by atoms with van der Waals surface area (Å²) in [5.41, 5.74) is 8.36. The van der Waals surface area contributed by atoms with Crippen molar-refractivity contribution in [3.8, 4) is 0 Å². The summed E-state index contributed by atoms with van der Waals surface area (Å²) in [6, 6.07) is 5.82. The Kier molecular flexibility index (Phi) is 5.95. The highest BCUT2D eigenvalue weighted by atomic mass is 16.2. The third-order valence-corrected chi connectivity index (χ3v) is 3.99. The van der Waals surface area contributed by atoms with E-state index >= 15 is 0 Å². The van der Waals surface area contributed by atoms with Crippen molar-refractivity contribution in [2.24, 2.45) is 5.73 Å². The standard InChI is InChI=1S/C17H25N3O2/c1-12(19-16(21)6-4-2-3-5-9-18)13-7-8-15-14(10-13)11-17(22)20-15/h7-8,10,12H,2-6,9,11,18H2,1H3,(H,19,21)(H,20,22). The molecule has 4 N–H and O–H groups in total. The lowest BCUT2D eigenvalue weighted by atomic mass is 10.0. The molecule has 1 aromatic carbocycles. The van der Waals surface area contributed by atoms with Crippen molar-refractivity contribution < 1.29 is 9.59 Å². The number of hydrogen-bond acceptors (Lipinski definition) is 3. The summed E-state index contributed by atoms with van der Waals surface area (Å²) in [6.45, 7) is 2.69. The van der Waals surface area contributed by atoms with Crippen molar-refractivity contribution in [1.29, 1.82) is 0 Å². The Labute approximate surface area is 131 Å². The van der Waals surface area contributed by atoms with E-state index in [4.69, 9.17) is 5.73 Å².